The molecule has 9 heteroatoms. The van der Waals surface area contributed by atoms with Crippen molar-refractivity contribution < 1.29 is 13.2 Å². The Hall–Kier alpha value is -1.71. The smallest absolute Gasteiger partial charge is 0.265 e. The number of carbonyl (C=O) groups excluding carboxylic acids is 1. The third-order valence-electron chi connectivity index (χ3n) is 2.65. The molecular formula is C11H14N4O3S2. The van der Waals surface area contributed by atoms with E-state index in [0.717, 1.165) is 9.88 Å². The molecule has 0 saturated heterocycles. The summed E-state index contributed by atoms with van der Waals surface area (Å²) in [6, 6.07) is 1.25. The van der Waals surface area contributed by atoms with Gasteiger partial charge in [-0.25, -0.2) is 18.1 Å². The van der Waals surface area contributed by atoms with Gasteiger partial charge in [0.05, 0.1) is 5.01 Å². The van der Waals surface area contributed by atoms with Gasteiger partial charge in [-0.05, 0) is 13.0 Å². The van der Waals surface area contributed by atoms with Crippen molar-refractivity contribution >= 4 is 27.3 Å². The molecule has 0 aromatic carbocycles. The van der Waals surface area contributed by atoms with Gasteiger partial charge in [0.15, 0.2) is 0 Å². The molecule has 20 heavy (non-hydrogen) atoms. The second kappa shape index (κ2) is 5.35. The zero-order chi connectivity index (χ0) is 14.9. The predicted octanol–water partition coefficient (Wildman–Crippen LogP) is 0.367. The summed E-state index contributed by atoms with van der Waals surface area (Å²) in [5.74, 6) is -0.674. The maximum absolute atomic E-state index is 12.1. The first-order chi connectivity index (χ1) is 9.29. The van der Waals surface area contributed by atoms with Crippen LogP contribution in [-0.4, -0.2) is 23.9 Å². The number of thiazole rings is 1. The fourth-order valence-electron chi connectivity index (χ4n) is 1.66. The lowest BCUT2D eigenvalue weighted by atomic mass is 10.4. The third kappa shape index (κ3) is 3.06. The molecule has 1 amide bonds. The maximum atomic E-state index is 12.1. The Morgan fingerprint density at radius 3 is 2.75 bits per heavy atom. The summed E-state index contributed by atoms with van der Waals surface area (Å²) in [6.45, 7) is 2.01. The molecule has 2 rings (SSSR count). The Labute approximate surface area is 120 Å². The van der Waals surface area contributed by atoms with Crippen LogP contribution in [0.3, 0.4) is 0 Å². The van der Waals surface area contributed by atoms with E-state index >= 15 is 0 Å². The molecule has 0 aliphatic heterocycles. The summed E-state index contributed by atoms with van der Waals surface area (Å²) >= 11 is 1.42. The van der Waals surface area contributed by atoms with Crippen molar-refractivity contribution in [1.82, 2.24) is 14.3 Å². The molecule has 2 aromatic heterocycles. The van der Waals surface area contributed by atoms with Gasteiger partial charge in [-0.3, -0.25) is 4.79 Å². The molecule has 7 nitrogen and oxygen atoms in total. The molecule has 3 N–H and O–H groups in total. The minimum Gasteiger partial charge on any atom is -0.364 e. The van der Waals surface area contributed by atoms with Crippen LogP contribution in [-0.2, 0) is 23.6 Å². The van der Waals surface area contributed by atoms with Crippen LogP contribution >= 0.6 is 11.3 Å². The minimum atomic E-state index is -3.68. The summed E-state index contributed by atoms with van der Waals surface area (Å²) in [7, 11) is -2.12. The largest absolute Gasteiger partial charge is 0.364 e. The molecule has 2 aromatic rings. The number of hydrogen-bond acceptors (Lipinski definition) is 5. The third-order valence-corrected chi connectivity index (χ3v) is 4.93. The summed E-state index contributed by atoms with van der Waals surface area (Å²) in [6.07, 6.45) is 2.97. The number of rotatable bonds is 5. The summed E-state index contributed by atoms with van der Waals surface area (Å²) in [5.41, 5.74) is 5.30. The molecule has 2 heterocycles. The van der Waals surface area contributed by atoms with Gasteiger partial charge < -0.3 is 10.3 Å². The Morgan fingerprint density at radius 1 is 1.55 bits per heavy atom. The zero-order valence-electron chi connectivity index (χ0n) is 11.0. The normalized spacial score (nSPS) is 11.7. The van der Waals surface area contributed by atoms with Crippen molar-refractivity contribution in [3.8, 4) is 0 Å². The number of primary amides is 1. The number of hydrogen-bond donors (Lipinski definition) is 2. The first kappa shape index (κ1) is 14.7. The highest BCUT2D eigenvalue weighted by Gasteiger charge is 2.19. The van der Waals surface area contributed by atoms with Crippen LogP contribution in [0.15, 0.2) is 23.4 Å². The quantitative estimate of drug-likeness (QED) is 0.831. The minimum absolute atomic E-state index is 0.00929. The molecular weight excluding hydrogens is 300 g/mol. The summed E-state index contributed by atoms with van der Waals surface area (Å²) in [5, 5.41) is 0.870. The molecule has 0 aliphatic carbocycles. The van der Waals surface area contributed by atoms with Gasteiger partial charge in [-0.15, -0.1) is 11.3 Å². The Morgan fingerprint density at radius 2 is 2.25 bits per heavy atom. The lowest BCUT2D eigenvalue weighted by molar-refractivity contribution is 0.0992. The van der Waals surface area contributed by atoms with Crippen molar-refractivity contribution in [3.63, 3.8) is 0 Å². The van der Waals surface area contributed by atoms with Crippen LogP contribution in [0, 0.1) is 6.92 Å². The van der Waals surface area contributed by atoms with Gasteiger partial charge >= 0.3 is 0 Å². The van der Waals surface area contributed by atoms with E-state index in [9.17, 15) is 13.2 Å². The van der Waals surface area contributed by atoms with E-state index in [1.165, 1.54) is 28.2 Å². The van der Waals surface area contributed by atoms with Gasteiger partial charge in [-0.1, -0.05) is 0 Å². The van der Waals surface area contributed by atoms with Crippen LogP contribution in [0.1, 0.15) is 20.4 Å². The van der Waals surface area contributed by atoms with Crippen molar-refractivity contribution in [2.24, 2.45) is 12.8 Å². The SMILES string of the molecule is Cc1ncc(CNS(=O)(=O)c2cc(C(N)=O)n(C)c2)s1. The number of nitrogens with one attached hydrogen (secondary N) is 1. The van der Waals surface area contributed by atoms with Crippen molar-refractivity contribution in [1.29, 1.82) is 0 Å². The van der Waals surface area contributed by atoms with E-state index in [-0.39, 0.29) is 17.1 Å². The highest BCUT2D eigenvalue weighted by atomic mass is 32.2. The number of nitrogens with two attached hydrogens (primary N) is 1. The first-order valence-electron chi connectivity index (χ1n) is 5.67. The number of aryl methyl sites for hydroxylation is 2. The van der Waals surface area contributed by atoms with Crippen LogP contribution in [0.25, 0.3) is 0 Å². The van der Waals surface area contributed by atoms with Crippen LogP contribution in [0.4, 0.5) is 0 Å². The molecule has 0 saturated carbocycles. The Balaban J connectivity index is 2.18. The van der Waals surface area contributed by atoms with E-state index in [0.29, 0.717) is 0 Å². The summed E-state index contributed by atoms with van der Waals surface area (Å²) in [4.78, 5) is 16.0. The number of carbonyl (C=O) groups is 1. The Kier molecular flexibility index (Phi) is 3.93. The summed E-state index contributed by atoms with van der Waals surface area (Å²) < 4.78 is 28.1. The van der Waals surface area contributed by atoms with Crippen molar-refractivity contribution in [2.45, 2.75) is 18.4 Å². The van der Waals surface area contributed by atoms with Gasteiger partial charge in [0.1, 0.15) is 10.6 Å². The van der Waals surface area contributed by atoms with Crippen LogP contribution in [0.5, 0.6) is 0 Å². The number of aromatic nitrogens is 2. The highest BCUT2D eigenvalue weighted by molar-refractivity contribution is 7.89. The molecule has 0 fully saturated rings. The molecule has 0 unspecified atom stereocenters. The average molecular weight is 314 g/mol. The van der Waals surface area contributed by atoms with Gasteiger partial charge in [0, 0.05) is 30.9 Å². The highest BCUT2D eigenvalue weighted by Crippen LogP contribution is 2.15. The molecule has 0 spiro atoms. The lowest BCUT2D eigenvalue weighted by Gasteiger charge is -2.02. The van der Waals surface area contributed by atoms with E-state index in [4.69, 9.17) is 5.73 Å². The fraction of sp³-hybridized carbons (Fsp3) is 0.273. The molecule has 108 valence electrons. The standard InChI is InChI=1S/C11H14N4O3S2/c1-7-13-4-8(19-7)5-14-20(17,18)9-3-10(11(12)16)15(2)6-9/h3-4,6,14H,5H2,1-2H3,(H2,12,16). The van der Waals surface area contributed by atoms with Gasteiger partial charge in [-0.2, -0.15) is 0 Å². The zero-order valence-corrected chi connectivity index (χ0v) is 12.6. The number of nitrogens with zero attached hydrogens (tertiary/aromatic N) is 2. The van der Waals surface area contributed by atoms with Crippen molar-refractivity contribution in [2.75, 3.05) is 0 Å². The first-order valence-corrected chi connectivity index (χ1v) is 7.96. The Bertz CT molecular complexity index is 746. The fourth-order valence-corrected chi connectivity index (χ4v) is 3.56. The number of amides is 1. The van der Waals surface area contributed by atoms with E-state index in [1.54, 1.807) is 13.2 Å². The predicted molar refractivity (Wildman–Crippen MR) is 74.8 cm³/mol. The average Bonchev–Trinajstić information content (AvgIpc) is 2.93. The van der Waals surface area contributed by atoms with E-state index in [2.05, 4.69) is 9.71 Å². The lowest BCUT2D eigenvalue weighted by Crippen LogP contribution is -2.22. The second-order valence-electron chi connectivity index (χ2n) is 4.21. The number of sulfonamides is 1. The molecule has 0 bridgehead atoms. The van der Waals surface area contributed by atoms with E-state index in [1.807, 2.05) is 6.92 Å². The van der Waals surface area contributed by atoms with Crippen LogP contribution < -0.4 is 10.5 Å². The van der Waals surface area contributed by atoms with Crippen molar-refractivity contribution in [3.05, 3.63) is 34.0 Å². The monoisotopic (exact) mass is 314 g/mol. The molecule has 0 atom stereocenters. The topological polar surface area (TPSA) is 107 Å². The molecule has 0 aliphatic rings. The van der Waals surface area contributed by atoms with E-state index < -0.39 is 15.9 Å². The van der Waals surface area contributed by atoms with Gasteiger partial charge in [0.2, 0.25) is 10.0 Å². The molecule has 0 radical (unpaired) electrons. The van der Waals surface area contributed by atoms with Crippen LogP contribution in [0.2, 0.25) is 0 Å². The maximum Gasteiger partial charge on any atom is 0.265 e. The second-order valence-corrected chi connectivity index (χ2v) is 7.29. The van der Waals surface area contributed by atoms with Gasteiger partial charge in [0.25, 0.3) is 5.91 Å².